The summed E-state index contributed by atoms with van der Waals surface area (Å²) in [6, 6.07) is 7.37. The number of amides is 1. The van der Waals surface area contributed by atoms with E-state index in [1.54, 1.807) is 19.1 Å². The molecule has 0 aliphatic rings. The van der Waals surface area contributed by atoms with Gasteiger partial charge in [0.1, 0.15) is 4.99 Å². The minimum Gasteiger partial charge on any atom is -0.389 e. The molecule has 0 aliphatic carbocycles. The van der Waals surface area contributed by atoms with Gasteiger partial charge in [0.2, 0.25) is 5.91 Å². The maximum atomic E-state index is 12.2. The van der Waals surface area contributed by atoms with Crippen molar-refractivity contribution in [3.8, 4) is 0 Å². The zero-order valence-electron chi connectivity index (χ0n) is 11.6. The molecular formula is C14H20N2O2S. The summed E-state index contributed by atoms with van der Waals surface area (Å²) in [5.74, 6) is 0.199. The van der Waals surface area contributed by atoms with Crippen molar-refractivity contribution in [3.05, 3.63) is 29.8 Å². The van der Waals surface area contributed by atoms with Crippen molar-refractivity contribution in [3.63, 3.8) is 0 Å². The Bertz CT molecular complexity index is 463. The van der Waals surface area contributed by atoms with E-state index in [2.05, 4.69) is 0 Å². The van der Waals surface area contributed by atoms with Crippen LogP contribution in [0.3, 0.4) is 0 Å². The van der Waals surface area contributed by atoms with E-state index in [-0.39, 0.29) is 11.8 Å². The van der Waals surface area contributed by atoms with E-state index < -0.39 is 0 Å². The van der Waals surface area contributed by atoms with Crippen molar-refractivity contribution >= 4 is 28.8 Å². The monoisotopic (exact) mass is 280 g/mol. The summed E-state index contributed by atoms with van der Waals surface area (Å²) >= 11 is 5.00. The van der Waals surface area contributed by atoms with Crippen molar-refractivity contribution in [1.82, 2.24) is 0 Å². The van der Waals surface area contributed by atoms with Crippen LogP contribution < -0.4 is 10.6 Å². The first-order valence-corrected chi connectivity index (χ1v) is 6.52. The summed E-state index contributed by atoms with van der Waals surface area (Å²) in [6.07, 6.45) is 0.427. The van der Waals surface area contributed by atoms with Gasteiger partial charge in [-0.25, -0.2) is 0 Å². The zero-order chi connectivity index (χ0) is 14.4. The van der Waals surface area contributed by atoms with Gasteiger partial charge in [0, 0.05) is 32.7 Å². The van der Waals surface area contributed by atoms with E-state index in [1.165, 1.54) is 0 Å². The zero-order valence-corrected chi connectivity index (χ0v) is 12.4. The maximum absolute atomic E-state index is 12.2. The molecule has 0 radical (unpaired) electrons. The van der Waals surface area contributed by atoms with Crippen molar-refractivity contribution in [1.29, 1.82) is 0 Å². The summed E-state index contributed by atoms with van der Waals surface area (Å²) in [5.41, 5.74) is 7.13. The minimum absolute atomic E-state index is 0.0215. The fraction of sp³-hybridized carbons (Fsp3) is 0.429. The van der Waals surface area contributed by atoms with Crippen molar-refractivity contribution in [2.75, 3.05) is 25.7 Å². The van der Waals surface area contributed by atoms with Gasteiger partial charge in [-0.3, -0.25) is 4.79 Å². The number of ether oxygens (including phenoxy) is 1. The molecule has 0 heterocycles. The van der Waals surface area contributed by atoms with Gasteiger partial charge in [-0.05, 0) is 18.1 Å². The first-order chi connectivity index (χ1) is 8.97. The number of thiocarbonyl (C=S) groups is 1. The number of hydrogen-bond donors (Lipinski definition) is 1. The number of carbonyl (C=O) groups excluding carboxylic acids is 1. The molecule has 1 unspecified atom stereocenters. The van der Waals surface area contributed by atoms with Gasteiger partial charge < -0.3 is 15.4 Å². The Morgan fingerprint density at radius 2 is 2.11 bits per heavy atom. The van der Waals surface area contributed by atoms with E-state index in [9.17, 15) is 4.79 Å². The molecule has 1 rings (SSSR count). The van der Waals surface area contributed by atoms with Gasteiger partial charge in [0.25, 0.3) is 0 Å². The molecule has 0 saturated heterocycles. The normalized spacial score (nSPS) is 11.9. The largest absolute Gasteiger partial charge is 0.389 e. The van der Waals surface area contributed by atoms with Gasteiger partial charge in [-0.1, -0.05) is 31.3 Å². The van der Waals surface area contributed by atoms with Gasteiger partial charge in [0.15, 0.2) is 0 Å². The highest BCUT2D eigenvalue weighted by Gasteiger charge is 2.17. The lowest BCUT2D eigenvalue weighted by Crippen LogP contribution is -2.30. The Kier molecular flexibility index (Phi) is 5.92. The molecule has 1 aromatic carbocycles. The molecule has 0 saturated carbocycles. The summed E-state index contributed by atoms with van der Waals surface area (Å²) in [6.45, 7) is 2.55. The minimum atomic E-state index is 0.0215. The molecule has 1 amide bonds. The summed E-state index contributed by atoms with van der Waals surface area (Å²) in [7, 11) is 3.37. The highest BCUT2D eigenvalue weighted by atomic mass is 32.1. The van der Waals surface area contributed by atoms with Crippen LogP contribution in [0.1, 0.15) is 18.9 Å². The van der Waals surface area contributed by atoms with Gasteiger partial charge >= 0.3 is 0 Å². The highest BCUT2D eigenvalue weighted by Crippen LogP contribution is 2.20. The van der Waals surface area contributed by atoms with Crippen LogP contribution in [0.25, 0.3) is 0 Å². The summed E-state index contributed by atoms with van der Waals surface area (Å²) in [5, 5.41) is 0. The van der Waals surface area contributed by atoms with Crippen LogP contribution in [0.4, 0.5) is 5.69 Å². The second-order valence-corrected chi connectivity index (χ2v) is 5.04. The molecule has 0 fully saturated rings. The number of carbonyl (C=O) groups is 1. The van der Waals surface area contributed by atoms with Crippen LogP contribution in [-0.2, 0) is 9.53 Å². The van der Waals surface area contributed by atoms with Gasteiger partial charge in [-0.2, -0.15) is 0 Å². The van der Waals surface area contributed by atoms with Crippen molar-refractivity contribution in [2.45, 2.75) is 13.3 Å². The molecule has 0 bridgehead atoms. The fourth-order valence-electron chi connectivity index (χ4n) is 1.89. The van der Waals surface area contributed by atoms with Crippen LogP contribution in [0.2, 0.25) is 0 Å². The lowest BCUT2D eigenvalue weighted by Gasteiger charge is -2.22. The van der Waals surface area contributed by atoms with Crippen LogP contribution in [0, 0.1) is 5.92 Å². The molecule has 2 N–H and O–H groups in total. The number of nitrogens with two attached hydrogens (primary N) is 1. The third-order valence-electron chi connectivity index (χ3n) is 2.88. The Morgan fingerprint density at radius 1 is 1.47 bits per heavy atom. The number of hydrogen-bond acceptors (Lipinski definition) is 3. The number of nitrogens with zero attached hydrogens (tertiary/aromatic N) is 1. The highest BCUT2D eigenvalue weighted by molar-refractivity contribution is 7.80. The Labute approximate surface area is 119 Å². The summed E-state index contributed by atoms with van der Waals surface area (Å²) in [4.78, 5) is 14.1. The van der Waals surface area contributed by atoms with E-state index in [4.69, 9.17) is 22.7 Å². The average molecular weight is 280 g/mol. The van der Waals surface area contributed by atoms with E-state index in [0.717, 1.165) is 5.69 Å². The quantitative estimate of drug-likeness (QED) is 0.809. The molecule has 19 heavy (non-hydrogen) atoms. The lowest BCUT2D eigenvalue weighted by molar-refractivity contribution is -0.119. The molecule has 0 spiro atoms. The molecule has 5 heteroatoms. The van der Waals surface area contributed by atoms with Crippen molar-refractivity contribution in [2.24, 2.45) is 11.7 Å². The summed E-state index contributed by atoms with van der Waals surface area (Å²) < 4.78 is 5.04. The number of benzene rings is 1. The topological polar surface area (TPSA) is 55.6 Å². The Morgan fingerprint density at radius 3 is 2.68 bits per heavy atom. The molecule has 1 aromatic rings. The van der Waals surface area contributed by atoms with E-state index in [0.29, 0.717) is 23.6 Å². The smallest absolute Gasteiger partial charge is 0.227 e. The molecule has 0 aromatic heterocycles. The van der Waals surface area contributed by atoms with Crippen LogP contribution in [0.15, 0.2) is 24.3 Å². The second kappa shape index (κ2) is 7.21. The predicted octanol–water partition coefficient (Wildman–Crippen LogP) is 1.96. The Hall–Kier alpha value is -1.46. The molecular weight excluding hydrogens is 260 g/mol. The van der Waals surface area contributed by atoms with E-state index in [1.807, 2.05) is 31.2 Å². The first-order valence-electron chi connectivity index (χ1n) is 6.11. The number of rotatable bonds is 6. The van der Waals surface area contributed by atoms with Gasteiger partial charge in [0.05, 0.1) is 5.69 Å². The Balaban J connectivity index is 2.85. The third-order valence-corrected chi connectivity index (χ3v) is 3.10. The maximum Gasteiger partial charge on any atom is 0.227 e. The standard InChI is InChI=1S/C14H20N2O2S/c1-10(9-18-3)8-13(17)16(2)12-7-5-4-6-11(12)14(15)19/h4-7,10H,8-9H2,1-3H3,(H2,15,19). The molecule has 1 atom stereocenters. The van der Waals surface area contributed by atoms with Crippen molar-refractivity contribution < 1.29 is 9.53 Å². The first kappa shape index (κ1) is 15.6. The molecule has 104 valence electrons. The average Bonchev–Trinajstić information content (AvgIpc) is 2.37. The van der Waals surface area contributed by atoms with E-state index >= 15 is 0 Å². The number of anilines is 1. The fourth-order valence-corrected chi connectivity index (χ4v) is 2.06. The SMILES string of the molecule is COCC(C)CC(=O)N(C)c1ccccc1C(N)=S. The second-order valence-electron chi connectivity index (χ2n) is 4.60. The van der Waals surface area contributed by atoms with Gasteiger partial charge in [-0.15, -0.1) is 0 Å². The third kappa shape index (κ3) is 4.29. The number of para-hydroxylation sites is 1. The van der Waals surface area contributed by atoms with Crippen LogP contribution >= 0.6 is 12.2 Å². The van der Waals surface area contributed by atoms with Crippen LogP contribution in [-0.4, -0.2) is 31.7 Å². The molecule has 4 nitrogen and oxygen atoms in total. The number of methoxy groups -OCH3 is 1. The lowest BCUT2D eigenvalue weighted by atomic mass is 10.1. The predicted molar refractivity (Wildman–Crippen MR) is 81.4 cm³/mol. The molecule has 0 aliphatic heterocycles. The van der Waals surface area contributed by atoms with Crippen LogP contribution in [0.5, 0.6) is 0 Å².